The molecule has 2 saturated carbocycles. The fraction of sp³-hybridized carbons (Fsp3) is 0.800. The number of fused-ring (bicyclic) bond motifs is 3. The Bertz CT molecular complexity index is 496. The molecule has 0 bridgehead atoms. The number of allylic oxidation sites excluding steroid dienone is 3. The van der Waals surface area contributed by atoms with Crippen LogP contribution in [0.1, 0.15) is 59.3 Å². The summed E-state index contributed by atoms with van der Waals surface area (Å²) in [6.45, 7) is 11.1. The van der Waals surface area contributed by atoms with Gasteiger partial charge in [-0.3, -0.25) is 0 Å². The number of aliphatic hydroxyl groups is 2. The Morgan fingerprint density at radius 3 is 2.64 bits per heavy atom. The molecule has 0 amide bonds. The lowest BCUT2D eigenvalue weighted by molar-refractivity contribution is -0.151. The van der Waals surface area contributed by atoms with E-state index in [-0.39, 0.29) is 29.0 Å². The Kier molecular flexibility index (Phi) is 3.85. The van der Waals surface area contributed by atoms with Gasteiger partial charge in [0.1, 0.15) is 0 Å². The maximum absolute atomic E-state index is 10.9. The Morgan fingerprint density at radius 2 is 2.00 bits per heavy atom. The quantitative estimate of drug-likeness (QED) is 0.755. The van der Waals surface area contributed by atoms with Crippen molar-refractivity contribution >= 4 is 0 Å². The molecule has 3 aliphatic rings. The van der Waals surface area contributed by atoms with E-state index in [0.29, 0.717) is 11.8 Å². The highest BCUT2D eigenvalue weighted by atomic mass is 16.3. The maximum Gasteiger partial charge on any atom is 0.0602 e. The molecule has 124 valence electrons. The van der Waals surface area contributed by atoms with Gasteiger partial charge in [0.05, 0.1) is 6.10 Å². The molecule has 0 aromatic heterocycles. The van der Waals surface area contributed by atoms with Gasteiger partial charge in [-0.05, 0) is 61.2 Å². The van der Waals surface area contributed by atoms with Crippen LogP contribution in [0.15, 0.2) is 24.3 Å². The molecule has 2 N–H and O–H groups in total. The van der Waals surface area contributed by atoms with Gasteiger partial charge in [0.2, 0.25) is 0 Å². The van der Waals surface area contributed by atoms with E-state index in [4.69, 9.17) is 0 Å². The van der Waals surface area contributed by atoms with Crippen LogP contribution in [0.2, 0.25) is 0 Å². The highest BCUT2D eigenvalue weighted by Gasteiger charge is 2.59. The predicted octanol–water partition coefficient (Wildman–Crippen LogP) is 4.08. The largest absolute Gasteiger partial charge is 0.396 e. The Hall–Kier alpha value is -0.600. The number of aliphatic hydroxyl groups excluding tert-OH is 2. The van der Waals surface area contributed by atoms with E-state index in [1.54, 1.807) is 0 Å². The monoisotopic (exact) mass is 304 g/mol. The van der Waals surface area contributed by atoms with E-state index in [1.807, 2.05) is 0 Å². The van der Waals surface area contributed by atoms with Gasteiger partial charge >= 0.3 is 0 Å². The van der Waals surface area contributed by atoms with Crippen molar-refractivity contribution in [2.75, 3.05) is 6.61 Å². The molecule has 2 nitrogen and oxygen atoms in total. The van der Waals surface area contributed by atoms with E-state index in [1.165, 1.54) is 5.57 Å². The third-order valence-corrected chi connectivity index (χ3v) is 7.58. The summed E-state index contributed by atoms with van der Waals surface area (Å²) < 4.78 is 0. The van der Waals surface area contributed by atoms with Gasteiger partial charge in [0.25, 0.3) is 0 Å². The molecule has 2 fully saturated rings. The summed E-state index contributed by atoms with van der Waals surface area (Å²) in [4.78, 5) is 0. The zero-order valence-electron chi connectivity index (χ0n) is 14.4. The van der Waals surface area contributed by atoms with Crippen LogP contribution in [0.5, 0.6) is 0 Å². The third kappa shape index (κ3) is 2.14. The van der Waals surface area contributed by atoms with Gasteiger partial charge in [-0.25, -0.2) is 0 Å². The minimum atomic E-state index is -0.237. The van der Waals surface area contributed by atoms with E-state index in [2.05, 4.69) is 39.5 Å². The summed E-state index contributed by atoms with van der Waals surface area (Å²) in [5.74, 6) is 0.857. The predicted molar refractivity (Wildman–Crippen MR) is 90.4 cm³/mol. The first-order chi connectivity index (χ1) is 10.3. The Balaban J connectivity index is 1.99. The maximum atomic E-state index is 10.9. The molecule has 0 aliphatic heterocycles. The first-order valence-corrected chi connectivity index (χ1v) is 8.90. The van der Waals surface area contributed by atoms with Crippen molar-refractivity contribution in [1.82, 2.24) is 0 Å². The van der Waals surface area contributed by atoms with Gasteiger partial charge in [0.15, 0.2) is 0 Å². The van der Waals surface area contributed by atoms with Crippen LogP contribution < -0.4 is 0 Å². The molecule has 0 heterocycles. The van der Waals surface area contributed by atoms with Gasteiger partial charge in [-0.1, -0.05) is 38.5 Å². The molecule has 6 unspecified atom stereocenters. The lowest BCUT2D eigenvalue weighted by atomic mass is 9.44. The summed E-state index contributed by atoms with van der Waals surface area (Å²) in [6, 6.07) is 0. The van der Waals surface area contributed by atoms with E-state index < -0.39 is 0 Å². The van der Waals surface area contributed by atoms with Crippen LogP contribution in [0.25, 0.3) is 0 Å². The van der Waals surface area contributed by atoms with Crippen molar-refractivity contribution in [1.29, 1.82) is 0 Å². The van der Waals surface area contributed by atoms with Crippen LogP contribution in [0.3, 0.4) is 0 Å². The highest BCUT2D eigenvalue weighted by molar-refractivity contribution is 5.26. The minimum absolute atomic E-state index is 0.0464. The van der Waals surface area contributed by atoms with Crippen molar-refractivity contribution in [3.8, 4) is 0 Å². The lowest BCUT2D eigenvalue weighted by Crippen LogP contribution is -2.58. The van der Waals surface area contributed by atoms with Crippen molar-refractivity contribution in [2.45, 2.75) is 65.4 Å². The fourth-order valence-electron chi connectivity index (χ4n) is 5.84. The second kappa shape index (κ2) is 5.21. The van der Waals surface area contributed by atoms with E-state index >= 15 is 0 Å². The van der Waals surface area contributed by atoms with Gasteiger partial charge in [-0.2, -0.15) is 0 Å². The minimum Gasteiger partial charge on any atom is -0.396 e. The molecule has 0 aromatic rings. The molecule has 3 rings (SSSR count). The number of hydrogen-bond acceptors (Lipinski definition) is 2. The highest BCUT2D eigenvalue weighted by Crippen LogP contribution is 2.63. The van der Waals surface area contributed by atoms with Crippen molar-refractivity contribution in [3.05, 3.63) is 24.3 Å². The molecule has 2 heteroatoms. The van der Waals surface area contributed by atoms with Crippen molar-refractivity contribution in [3.63, 3.8) is 0 Å². The first-order valence-electron chi connectivity index (χ1n) is 8.90. The smallest absolute Gasteiger partial charge is 0.0602 e. The third-order valence-electron chi connectivity index (χ3n) is 7.58. The average Bonchev–Trinajstić information content (AvgIpc) is 2.51. The van der Waals surface area contributed by atoms with E-state index in [9.17, 15) is 10.2 Å². The molecule has 0 spiro atoms. The SMILES string of the molecule is C=CC1(C)CCC2C(=CCC3C(C)(CO)CCC(O)C23C)C1. The lowest BCUT2D eigenvalue weighted by Gasteiger charge is -2.61. The summed E-state index contributed by atoms with van der Waals surface area (Å²) in [6.07, 6.45) is 10.5. The number of hydrogen-bond donors (Lipinski definition) is 2. The second-order valence-corrected chi connectivity index (χ2v) is 8.93. The first kappa shape index (κ1) is 16.3. The van der Waals surface area contributed by atoms with E-state index in [0.717, 1.165) is 38.5 Å². The molecule has 0 radical (unpaired) electrons. The van der Waals surface area contributed by atoms with Gasteiger partial charge in [0, 0.05) is 12.0 Å². The molecular weight excluding hydrogens is 272 g/mol. The normalized spacial score (nSPS) is 51.5. The Morgan fingerprint density at radius 1 is 1.27 bits per heavy atom. The molecule has 6 atom stereocenters. The fourth-order valence-corrected chi connectivity index (χ4v) is 5.84. The molecule has 3 aliphatic carbocycles. The average molecular weight is 304 g/mol. The summed E-state index contributed by atoms with van der Waals surface area (Å²) >= 11 is 0. The number of rotatable bonds is 2. The summed E-state index contributed by atoms with van der Waals surface area (Å²) in [5, 5.41) is 20.9. The van der Waals surface area contributed by atoms with Crippen LogP contribution in [-0.4, -0.2) is 22.9 Å². The summed E-state index contributed by atoms with van der Waals surface area (Å²) in [7, 11) is 0. The molecular formula is C20H32O2. The van der Waals surface area contributed by atoms with Gasteiger partial charge < -0.3 is 10.2 Å². The topological polar surface area (TPSA) is 40.5 Å². The van der Waals surface area contributed by atoms with Crippen molar-refractivity contribution < 1.29 is 10.2 Å². The van der Waals surface area contributed by atoms with Crippen LogP contribution in [0.4, 0.5) is 0 Å². The zero-order chi connectivity index (χ0) is 16.2. The molecule has 22 heavy (non-hydrogen) atoms. The van der Waals surface area contributed by atoms with Gasteiger partial charge in [-0.15, -0.1) is 6.58 Å². The summed E-state index contributed by atoms with van der Waals surface area (Å²) in [5.41, 5.74) is 1.62. The molecule has 0 aromatic carbocycles. The van der Waals surface area contributed by atoms with Crippen LogP contribution >= 0.6 is 0 Å². The van der Waals surface area contributed by atoms with Crippen LogP contribution in [-0.2, 0) is 0 Å². The molecule has 0 saturated heterocycles. The zero-order valence-corrected chi connectivity index (χ0v) is 14.4. The van der Waals surface area contributed by atoms with Crippen LogP contribution in [0, 0.1) is 28.1 Å². The Labute approximate surface area is 135 Å². The second-order valence-electron chi connectivity index (χ2n) is 8.93. The standard InChI is InChI=1S/C20H32O2/c1-5-18(2)10-8-15-14(12-18)6-7-16-19(3,13-21)11-9-17(22)20(15,16)4/h5-6,15-17,21-22H,1,7-13H2,2-4H3. The van der Waals surface area contributed by atoms with Crippen molar-refractivity contribution in [2.24, 2.45) is 28.1 Å².